The van der Waals surface area contributed by atoms with E-state index in [4.69, 9.17) is 5.73 Å². The zero-order valence-electron chi connectivity index (χ0n) is 13.1. The predicted molar refractivity (Wildman–Crippen MR) is 87.3 cm³/mol. The van der Waals surface area contributed by atoms with Gasteiger partial charge in [-0.1, -0.05) is 57.5 Å². The second-order valence-corrected chi connectivity index (χ2v) is 6.24. The molecule has 0 aliphatic heterocycles. The van der Waals surface area contributed by atoms with Crippen LogP contribution in [0.4, 0.5) is 0 Å². The number of carbonyl (C=O) groups is 1. The van der Waals surface area contributed by atoms with Crippen LogP contribution in [0.5, 0.6) is 0 Å². The van der Waals surface area contributed by atoms with Crippen LogP contribution in [-0.2, 0) is 10.2 Å². The quantitative estimate of drug-likeness (QED) is 0.878. The number of benzene rings is 1. The smallest absolute Gasteiger partial charge is 0.237 e. The Kier molecular flexibility index (Phi) is 7.25. The first-order chi connectivity index (χ1) is 8.74. The Labute approximate surface area is 128 Å². The molecule has 20 heavy (non-hydrogen) atoms. The van der Waals surface area contributed by atoms with Crippen LogP contribution in [-0.4, -0.2) is 18.5 Å². The highest BCUT2D eigenvalue weighted by Gasteiger charge is 2.23. The Morgan fingerprint density at radius 2 is 1.75 bits per heavy atom. The lowest BCUT2D eigenvalue weighted by Crippen LogP contribution is -2.47. The molecule has 0 aliphatic rings. The lowest BCUT2D eigenvalue weighted by Gasteiger charge is -2.27. The van der Waals surface area contributed by atoms with Gasteiger partial charge in [-0.05, 0) is 18.4 Å². The van der Waals surface area contributed by atoms with Gasteiger partial charge in [0.2, 0.25) is 5.91 Å². The molecule has 0 heterocycles. The van der Waals surface area contributed by atoms with E-state index in [0.717, 1.165) is 0 Å². The molecule has 1 atom stereocenters. The van der Waals surface area contributed by atoms with Gasteiger partial charge in [0.15, 0.2) is 0 Å². The number of carbonyl (C=O) groups excluding carboxylic acids is 1. The molecule has 3 nitrogen and oxygen atoms in total. The monoisotopic (exact) mass is 298 g/mol. The number of rotatable bonds is 5. The van der Waals surface area contributed by atoms with Crippen molar-refractivity contribution in [3.05, 3.63) is 35.4 Å². The summed E-state index contributed by atoms with van der Waals surface area (Å²) in [5.74, 6) is 0.0812. The first kappa shape index (κ1) is 18.9. The Morgan fingerprint density at radius 3 is 2.20 bits per heavy atom. The molecule has 1 rings (SSSR count). The van der Waals surface area contributed by atoms with E-state index in [0.29, 0.717) is 6.54 Å². The molecule has 0 saturated carbocycles. The highest BCUT2D eigenvalue weighted by atomic mass is 35.5. The minimum atomic E-state index is -0.436. The first-order valence-corrected chi connectivity index (χ1v) is 6.84. The van der Waals surface area contributed by atoms with Crippen LogP contribution < -0.4 is 11.1 Å². The average molecular weight is 299 g/mol. The maximum Gasteiger partial charge on any atom is 0.237 e. The van der Waals surface area contributed by atoms with Gasteiger partial charge >= 0.3 is 0 Å². The Balaban J connectivity index is 0.00000361. The van der Waals surface area contributed by atoms with Crippen LogP contribution in [0.25, 0.3) is 0 Å². The molecule has 4 heteroatoms. The molecule has 1 aromatic rings. The van der Waals surface area contributed by atoms with Gasteiger partial charge in [0, 0.05) is 12.0 Å². The molecule has 0 radical (unpaired) electrons. The summed E-state index contributed by atoms with van der Waals surface area (Å²) < 4.78 is 0. The second kappa shape index (κ2) is 7.65. The van der Waals surface area contributed by atoms with E-state index < -0.39 is 6.04 Å². The van der Waals surface area contributed by atoms with E-state index in [2.05, 4.69) is 50.4 Å². The van der Waals surface area contributed by atoms with Crippen molar-refractivity contribution in [2.75, 3.05) is 6.54 Å². The topological polar surface area (TPSA) is 55.1 Å². The second-order valence-electron chi connectivity index (χ2n) is 6.24. The molecule has 0 saturated heterocycles. The standard InChI is InChI=1S/C16H26N2O.ClH/c1-11(2)14(17)15(19)18-10-16(4,5)13-8-6-12(3)7-9-13;/h6-9,11,14H,10,17H2,1-5H3,(H,18,19);1H/t14-;/m0./s1. The summed E-state index contributed by atoms with van der Waals surface area (Å²) in [5, 5.41) is 2.95. The van der Waals surface area contributed by atoms with Crippen LogP contribution in [0.2, 0.25) is 0 Å². The molecule has 0 spiro atoms. The van der Waals surface area contributed by atoms with Crippen molar-refractivity contribution in [2.24, 2.45) is 11.7 Å². The summed E-state index contributed by atoms with van der Waals surface area (Å²) in [4.78, 5) is 11.9. The lowest BCUT2D eigenvalue weighted by atomic mass is 9.84. The molecule has 1 amide bonds. The maximum atomic E-state index is 11.9. The van der Waals surface area contributed by atoms with E-state index in [1.807, 2.05) is 13.8 Å². The largest absolute Gasteiger partial charge is 0.354 e. The normalized spacial score (nSPS) is 12.8. The Bertz CT molecular complexity index is 427. The molecule has 1 aromatic carbocycles. The summed E-state index contributed by atoms with van der Waals surface area (Å²) in [7, 11) is 0. The first-order valence-electron chi connectivity index (χ1n) is 6.84. The number of amides is 1. The van der Waals surface area contributed by atoms with Gasteiger partial charge in [-0.25, -0.2) is 0 Å². The minimum absolute atomic E-state index is 0. The third-order valence-electron chi connectivity index (χ3n) is 3.56. The highest BCUT2D eigenvalue weighted by Crippen LogP contribution is 2.22. The Hall–Kier alpha value is -1.06. The Morgan fingerprint density at radius 1 is 1.25 bits per heavy atom. The van der Waals surface area contributed by atoms with Crippen molar-refractivity contribution in [2.45, 2.75) is 46.1 Å². The van der Waals surface area contributed by atoms with Crippen LogP contribution in [0.15, 0.2) is 24.3 Å². The van der Waals surface area contributed by atoms with Crippen molar-refractivity contribution < 1.29 is 4.79 Å². The van der Waals surface area contributed by atoms with Crippen molar-refractivity contribution in [1.82, 2.24) is 5.32 Å². The number of hydrogen-bond donors (Lipinski definition) is 2. The predicted octanol–water partition coefficient (Wildman–Crippen LogP) is 2.79. The zero-order valence-corrected chi connectivity index (χ0v) is 13.9. The number of hydrogen-bond acceptors (Lipinski definition) is 2. The van der Waals surface area contributed by atoms with E-state index in [-0.39, 0.29) is 29.6 Å². The van der Waals surface area contributed by atoms with Gasteiger partial charge in [0.1, 0.15) is 0 Å². The van der Waals surface area contributed by atoms with Crippen LogP contribution in [0.1, 0.15) is 38.8 Å². The summed E-state index contributed by atoms with van der Waals surface area (Å²) >= 11 is 0. The number of nitrogens with two attached hydrogens (primary N) is 1. The third kappa shape index (κ3) is 5.14. The van der Waals surface area contributed by atoms with Gasteiger partial charge in [-0.15, -0.1) is 12.4 Å². The summed E-state index contributed by atoms with van der Waals surface area (Å²) in [6.07, 6.45) is 0. The van der Waals surface area contributed by atoms with Gasteiger partial charge in [-0.3, -0.25) is 4.79 Å². The van der Waals surface area contributed by atoms with Gasteiger partial charge in [-0.2, -0.15) is 0 Å². The highest BCUT2D eigenvalue weighted by molar-refractivity contribution is 5.85. The number of aryl methyl sites for hydroxylation is 1. The summed E-state index contributed by atoms with van der Waals surface area (Å²) in [5.41, 5.74) is 8.20. The van der Waals surface area contributed by atoms with Crippen LogP contribution >= 0.6 is 12.4 Å². The molecule has 0 aromatic heterocycles. The molecule has 0 bridgehead atoms. The van der Waals surface area contributed by atoms with Gasteiger partial charge in [0.25, 0.3) is 0 Å². The van der Waals surface area contributed by atoms with Crippen molar-refractivity contribution in [3.8, 4) is 0 Å². The molecular weight excluding hydrogens is 272 g/mol. The number of halogens is 1. The van der Waals surface area contributed by atoms with Gasteiger partial charge in [0.05, 0.1) is 6.04 Å². The number of nitrogens with one attached hydrogen (secondary N) is 1. The fraction of sp³-hybridized carbons (Fsp3) is 0.562. The van der Waals surface area contributed by atoms with Crippen molar-refractivity contribution >= 4 is 18.3 Å². The van der Waals surface area contributed by atoms with Crippen molar-refractivity contribution in [3.63, 3.8) is 0 Å². The van der Waals surface area contributed by atoms with Crippen molar-refractivity contribution in [1.29, 1.82) is 0 Å². The van der Waals surface area contributed by atoms with Gasteiger partial charge < -0.3 is 11.1 Å². The fourth-order valence-electron chi connectivity index (χ4n) is 1.84. The third-order valence-corrected chi connectivity index (χ3v) is 3.56. The molecule has 114 valence electrons. The molecule has 3 N–H and O–H groups in total. The van der Waals surface area contributed by atoms with Crippen LogP contribution in [0, 0.1) is 12.8 Å². The van der Waals surface area contributed by atoms with Crippen LogP contribution in [0.3, 0.4) is 0 Å². The van der Waals surface area contributed by atoms with E-state index >= 15 is 0 Å². The van der Waals surface area contributed by atoms with E-state index in [1.54, 1.807) is 0 Å². The maximum absolute atomic E-state index is 11.9. The van der Waals surface area contributed by atoms with E-state index in [1.165, 1.54) is 11.1 Å². The van der Waals surface area contributed by atoms with E-state index in [9.17, 15) is 4.79 Å². The average Bonchev–Trinajstić information content (AvgIpc) is 2.35. The SMILES string of the molecule is Cc1ccc(C(C)(C)CNC(=O)[C@@H](N)C(C)C)cc1.Cl. The fourth-order valence-corrected chi connectivity index (χ4v) is 1.84. The molecule has 0 aliphatic carbocycles. The summed E-state index contributed by atoms with van der Waals surface area (Å²) in [6.45, 7) is 10.8. The zero-order chi connectivity index (χ0) is 14.6. The lowest BCUT2D eigenvalue weighted by molar-refractivity contribution is -0.123. The molecular formula is C16H27ClN2O. The minimum Gasteiger partial charge on any atom is -0.354 e. The summed E-state index contributed by atoms with van der Waals surface area (Å²) in [6, 6.07) is 7.99. The molecule has 0 fully saturated rings. The molecule has 0 unspecified atom stereocenters.